The molecule has 0 heterocycles. The molecule has 0 bridgehead atoms. The standard InChI is InChI=1S/C16H18ClFN2/c1-11-4-5-12(8-14(11)18)10-19-15-9-13(17)6-7-16(15)20(2)3/h4-9,19H,10H2,1-3H3. The van der Waals surface area contributed by atoms with E-state index in [0.717, 1.165) is 16.9 Å². The highest BCUT2D eigenvalue weighted by atomic mass is 35.5. The molecule has 0 aliphatic heterocycles. The van der Waals surface area contributed by atoms with E-state index in [4.69, 9.17) is 11.6 Å². The zero-order valence-corrected chi connectivity index (χ0v) is 12.6. The van der Waals surface area contributed by atoms with Gasteiger partial charge in [0.25, 0.3) is 0 Å². The number of nitrogens with one attached hydrogen (secondary N) is 1. The molecular formula is C16H18ClFN2. The lowest BCUT2D eigenvalue weighted by atomic mass is 10.1. The summed E-state index contributed by atoms with van der Waals surface area (Å²) in [7, 11) is 3.94. The SMILES string of the molecule is Cc1ccc(CNc2cc(Cl)ccc2N(C)C)cc1F. The van der Waals surface area contributed by atoms with Crippen LogP contribution >= 0.6 is 11.6 Å². The van der Waals surface area contributed by atoms with Crippen molar-refractivity contribution in [3.63, 3.8) is 0 Å². The summed E-state index contributed by atoms with van der Waals surface area (Å²) in [5.74, 6) is -0.178. The Labute approximate surface area is 124 Å². The van der Waals surface area contributed by atoms with Crippen molar-refractivity contribution in [2.45, 2.75) is 13.5 Å². The highest BCUT2D eigenvalue weighted by Crippen LogP contribution is 2.28. The lowest BCUT2D eigenvalue weighted by molar-refractivity contribution is 0.616. The van der Waals surface area contributed by atoms with Gasteiger partial charge >= 0.3 is 0 Å². The average molecular weight is 293 g/mol. The molecule has 106 valence electrons. The molecule has 0 saturated carbocycles. The first-order chi connectivity index (χ1) is 9.47. The Balaban J connectivity index is 2.17. The second-order valence-electron chi connectivity index (χ2n) is 4.99. The van der Waals surface area contributed by atoms with Gasteiger partial charge in [-0.3, -0.25) is 0 Å². The van der Waals surface area contributed by atoms with E-state index in [1.807, 2.05) is 43.3 Å². The highest BCUT2D eigenvalue weighted by molar-refractivity contribution is 6.31. The lowest BCUT2D eigenvalue weighted by Gasteiger charge is -2.19. The topological polar surface area (TPSA) is 15.3 Å². The Morgan fingerprint density at radius 1 is 1.15 bits per heavy atom. The van der Waals surface area contributed by atoms with E-state index in [9.17, 15) is 4.39 Å². The molecule has 0 amide bonds. The van der Waals surface area contributed by atoms with Crippen LogP contribution in [-0.4, -0.2) is 14.1 Å². The molecule has 2 aromatic rings. The molecule has 0 spiro atoms. The molecule has 0 aliphatic carbocycles. The van der Waals surface area contributed by atoms with Gasteiger partial charge in [-0.2, -0.15) is 0 Å². The lowest BCUT2D eigenvalue weighted by Crippen LogP contribution is -2.12. The number of aryl methyl sites for hydroxylation is 1. The first-order valence-corrected chi connectivity index (χ1v) is 6.81. The number of anilines is 2. The Bertz CT molecular complexity index is 611. The van der Waals surface area contributed by atoms with Gasteiger partial charge in [-0.05, 0) is 42.3 Å². The van der Waals surface area contributed by atoms with Crippen molar-refractivity contribution in [2.24, 2.45) is 0 Å². The predicted octanol–water partition coefficient (Wildman–Crippen LogP) is 4.47. The minimum atomic E-state index is -0.178. The van der Waals surface area contributed by atoms with Gasteiger partial charge in [-0.1, -0.05) is 23.7 Å². The number of rotatable bonds is 4. The Morgan fingerprint density at radius 3 is 2.55 bits per heavy atom. The molecule has 0 fully saturated rings. The monoisotopic (exact) mass is 292 g/mol. The smallest absolute Gasteiger partial charge is 0.126 e. The highest BCUT2D eigenvalue weighted by Gasteiger charge is 2.06. The molecule has 2 nitrogen and oxygen atoms in total. The summed E-state index contributed by atoms with van der Waals surface area (Å²) in [6.45, 7) is 2.31. The van der Waals surface area contributed by atoms with E-state index in [2.05, 4.69) is 5.32 Å². The van der Waals surface area contributed by atoms with Crippen LogP contribution in [0.3, 0.4) is 0 Å². The number of benzene rings is 2. The van der Waals surface area contributed by atoms with Crippen LogP contribution < -0.4 is 10.2 Å². The maximum absolute atomic E-state index is 13.5. The Kier molecular flexibility index (Phi) is 4.50. The number of nitrogens with zero attached hydrogens (tertiary/aromatic N) is 1. The van der Waals surface area contributed by atoms with Crippen molar-refractivity contribution in [3.05, 3.63) is 58.4 Å². The minimum absolute atomic E-state index is 0.178. The zero-order chi connectivity index (χ0) is 14.7. The van der Waals surface area contributed by atoms with Crippen molar-refractivity contribution < 1.29 is 4.39 Å². The summed E-state index contributed by atoms with van der Waals surface area (Å²) < 4.78 is 13.5. The quantitative estimate of drug-likeness (QED) is 0.894. The van der Waals surface area contributed by atoms with E-state index in [-0.39, 0.29) is 5.82 Å². The third-order valence-electron chi connectivity index (χ3n) is 3.16. The van der Waals surface area contributed by atoms with Gasteiger partial charge in [0.2, 0.25) is 0 Å². The molecule has 0 atom stereocenters. The van der Waals surface area contributed by atoms with Crippen LogP contribution in [0.15, 0.2) is 36.4 Å². The fourth-order valence-corrected chi connectivity index (χ4v) is 2.16. The first-order valence-electron chi connectivity index (χ1n) is 6.43. The van der Waals surface area contributed by atoms with E-state index in [1.54, 1.807) is 19.1 Å². The van der Waals surface area contributed by atoms with E-state index in [0.29, 0.717) is 17.1 Å². The normalized spacial score (nSPS) is 10.4. The first kappa shape index (κ1) is 14.7. The van der Waals surface area contributed by atoms with Crippen molar-refractivity contribution >= 4 is 23.0 Å². The molecule has 4 heteroatoms. The molecule has 2 rings (SSSR count). The van der Waals surface area contributed by atoms with Crippen molar-refractivity contribution in [1.29, 1.82) is 0 Å². The largest absolute Gasteiger partial charge is 0.379 e. The van der Waals surface area contributed by atoms with Gasteiger partial charge in [0.15, 0.2) is 0 Å². The van der Waals surface area contributed by atoms with Gasteiger partial charge < -0.3 is 10.2 Å². The minimum Gasteiger partial charge on any atom is -0.379 e. The molecule has 0 aromatic heterocycles. The van der Waals surface area contributed by atoms with Crippen LogP contribution in [0.1, 0.15) is 11.1 Å². The van der Waals surface area contributed by atoms with E-state index < -0.39 is 0 Å². The van der Waals surface area contributed by atoms with Crippen LogP contribution in [0.2, 0.25) is 5.02 Å². The van der Waals surface area contributed by atoms with Crippen molar-refractivity contribution in [1.82, 2.24) is 0 Å². The molecule has 0 unspecified atom stereocenters. The maximum atomic E-state index is 13.5. The van der Waals surface area contributed by atoms with Crippen molar-refractivity contribution in [2.75, 3.05) is 24.3 Å². The van der Waals surface area contributed by atoms with Crippen molar-refractivity contribution in [3.8, 4) is 0 Å². The summed E-state index contributed by atoms with van der Waals surface area (Å²) in [4.78, 5) is 2.01. The van der Waals surface area contributed by atoms with Crippen LogP contribution in [0.25, 0.3) is 0 Å². The average Bonchev–Trinajstić information content (AvgIpc) is 2.40. The molecule has 0 radical (unpaired) electrons. The second-order valence-corrected chi connectivity index (χ2v) is 5.43. The van der Waals surface area contributed by atoms with Crippen LogP contribution in [-0.2, 0) is 6.54 Å². The summed E-state index contributed by atoms with van der Waals surface area (Å²) in [6, 6.07) is 11.0. The van der Waals surface area contributed by atoms with Crippen LogP contribution in [0.5, 0.6) is 0 Å². The molecular weight excluding hydrogens is 275 g/mol. The Hall–Kier alpha value is -1.74. The molecule has 0 saturated heterocycles. The molecule has 2 aromatic carbocycles. The van der Waals surface area contributed by atoms with Gasteiger partial charge in [-0.25, -0.2) is 4.39 Å². The number of hydrogen-bond donors (Lipinski definition) is 1. The second kappa shape index (κ2) is 6.14. The summed E-state index contributed by atoms with van der Waals surface area (Å²) >= 11 is 6.03. The van der Waals surface area contributed by atoms with Gasteiger partial charge in [-0.15, -0.1) is 0 Å². The molecule has 0 aliphatic rings. The zero-order valence-electron chi connectivity index (χ0n) is 11.9. The fraction of sp³-hybridized carbons (Fsp3) is 0.250. The summed E-state index contributed by atoms with van der Waals surface area (Å²) in [6.07, 6.45) is 0. The van der Waals surface area contributed by atoms with Gasteiger partial charge in [0.1, 0.15) is 5.82 Å². The predicted molar refractivity (Wildman–Crippen MR) is 84.2 cm³/mol. The fourth-order valence-electron chi connectivity index (χ4n) is 1.98. The Morgan fingerprint density at radius 2 is 1.90 bits per heavy atom. The number of halogens is 2. The van der Waals surface area contributed by atoms with Gasteiger partial charge in [0.05, 0.1) is 11.4 Å². The third kappa shape index (κ3) is 3.42. The third-order valence-corrected chi connectivity index (χ3v) is 3.39. The van der Waals surface area contributed by atoms with Gasteiger partial charge in [0, 0.05) is 25.7 Å². The molecule has 20 heavy (non-hydrogen) atoms. The summed E-state index contributed by atoms with van der Waals surface area (Å²) in [5, 5.41) is 3.98. The van der Waals surface area contributed by atoms with Crippen LogP contribution in [0, 0.1) is 12.7 Å². The molecule has 1 N–H and O–H groups in total. The van der Waals surface area contributed by atoms with E-state index in [1.165, 1.54) is 0 Å². The van der Waals surface area contributed by atoms with Crippen LogP contribution in [0.4, 0.5) is 15.8 Å². The maximum Gasteiger partial charge on any atom is 0.126 e. The summed E-state index contributed by atoms with van der Waals surface area (Å²) in [5.41, 5.74) is 3.54. The number of hydrogen-bond acceptors (Lipinski definition) is 2. The van der Waals surface area contributed by atoms with E-state index >= 15 is 0 Å².